The summed E-state index contributed by atoms with van der Waals surface area (Å²) in [5.41, 5.74) is 1.17. The van der Waals surface area contributed by atoms with Crippen molar-refractivity contribution in [1.82, 2.24) is 4.90 Å². The van der Waals surface area contributed by atoms with Crippen LogP contribution in [0.2, 0.25) is 0 Å². The molecule has 0 radical (unpaired) electrons. The van der Waals surface area contributed by atoms with Crippen LogP contribution in [0.5, 0.6) is 0 Å². The van der Waals surface area contributed by atoms with Crippen LogP contribution in [0, 0.1) is 0 Å². The second-order valence-corrected chi connectivity index (χ2v) is 4.26. The molecule has 0 aliphatic carbocycles. The van der Waals surface area contributed by atoms with Gasteiger partial charge >= 0.3 is 5.97 Å². The van der Waals surface area contributed by atoms with Crippen molar-refractivity contribution in [2.45, 2.75) is 13.0 Å². The van der Waals surface area contributed by atoms with Crippen molar-refractivity contribution < 1.29 is 9.53 Å². The Balaban J connectivity index is 0.000000356. The number of likely N-dealkylation sites (N-methyl/N-ethyl adjacent to an activating group) is 1. The zero-order chi connectivity index (χ0) is 14.7. The van der Waals surface area contributed by atoms with Gasteiger partial charge in [0.05, 0.1) is 0 Å². The van der Waals surface area contributed by atoms with Gasteiger partial charge in [-0.2, -0.15) is 0 Å². The molecular formula is C16H23NO2. The molecular weight excluding hydrogens is 238 g/mol. The minimum Gasteiger partial charge on any atom is -0.461 e. The van der Waals surface area contributed by atoms with Crippen molar-refractivity contribution >= 4 is 12.0 Å². The van der Waals surface area contributed by atoms with Gasteiger partial charge in [-0.05, 0) is 26.6 Å². The molecule has 3 heteroatoms. The standard InChI is InChI=1S/C8H15NO2.C8H8/c1-5-8(10)11-6-7(2)9(3)4;1-2-8-6-4-3-5-7-8/h5,7H,1,6H2,2-4H3;2-7H,1H2. The van der Waals surface area contributed by atoms with Gasteiger partial charge in [0.15, 0.2) is 0 Å². The molecule has 1 rings (SSSR count). The van der Waals surface area contributed by atoms with Crippen molar-refractivity contribution in [2.75, 3.05) is 20.7 Å². The van der Waals surface area contributed by atoms with E-state index < -0.39 is 0 Å². The summed E-state index contributed by atoms with van der Waals surface area (Å²) >= 11 is 0. The van der Waals surface area contributed by atoms with Gasteiger partial charge in [-0.1, -0.05) is 49.6 Å². The number of benzene rings is 1. The summed E-state index contributed by atoms with van der Waals surface area (Å²) in [6.07, 6.45) is 3.00. The van der Waals surface area contributed by atoms with Gasteiger partial charge in [-0.25, -0.2) is 4.79 Å². The fourth-order valence-corrected chi connectivity index (χ4v) is 1.000. The number of hydrogen-bond donors (Lipinski definition) is 0. The third-order valence-electron chi connectivity index (χ3n) is 2.55. The van der Waals surface area contributed by atoms with Gasteiger partial charge in [-0.15, -0.1) is 0 Å². The summed E-state index contributed by atoms with van der Waals surface area (Å²) in [5, 5.41) is 0. The number of carbonyl (C=O) groups excluding carboxylic acids is 1. The van der Waals surface area contributed by atoms with E-state index in [0.29, 0.717) is 6.61 Å². The molecule has 1 aromatic carbocycles. The second-order valence-electron chi connectivity index (χ2n) is 4.26. The third-order valence-corrected chi connectivity index (χ3v) is 2.55. The molecule has 0 saturated carbocycles. The van der Waals surface area contributed by atoms with Gasteiger partial charge in [-0.3, -0.25) is 0 Å². The van der Waals surface area contributed by atoms with Crippen LogP contribution in [0.3, 0.4) is 0 Å². The topological polar surface area (TPSA) is 29.5 Å². The van der Waals surface area contributed by atoms with Crippen LogP contribution in [0.4, 0.5) is 0 Å². The first-order valence-corrected chi connectivity index (χ1v) is 6.14. The molecule has 0 aromatic heterocycles. The van der Waals surface area contributed by atoms with E-state index in [9.17, 15) is 4.79 Å². The van der Waals surface area contributed by atoms with E-state index in [1.807, 2.05) is 62.3 Å². The fraction of sp³-hybridized carbons (Fsp3) is 0.312. The Morgan fingerprint density at radius 2 is 1.89 bits per heavy atom. The molecule has 0 aliphatic heterocycles. The normalized spacial score (nSPS) is 10.9. The largest absolute Gasteiger partial charge is 0.461 e. The third kappa shape index (κ3) is 8.80. The quantitative estimate of drug-likeness (QED) is 0.603. The minimum atomic E-state index is -0.362. The molecule has 3 nitrogen and oxygen atoms in total. The summed E-state index contributed by atoms with van der Waals surface area (Å²) in [7, 11) is 3.87. The molecule has 0 amide bonds. The first-order valence-electron chi connectivity index (χ1n) is 6.14. The minimum absolute atomic E-state index is 0.249. The molecule has 0 saturated heterocycles. The second kappa shape index (κ2) is 10.1. The summed E-state index contributed by atoms with van der Waals surface area (Å²) in [6.45, 7) is 9.32. The predicted molar refractivity (Wildman–Crippen MR) is 80.8 cm³/mol. The maximum absolute atomic E-state index is 10.6. The number of carbonyl (C=O) groups is 1. The Morgan fingerprint density at radius 3 is 2.26 bits per heavy atom. The van der Waals surface area contributed by atoms with E-state index >= 15 is 0 Å². The monoisotopic (exact) mass is 261 g/mol. The van der Waals surface area contributed by atoms with Gasteiger partial charge in [0.25, 0.3) is 0 Å². The van der Waals surface area contributed by atoms with Gasteiger partial charge in [0.2, 0.25) is 0 Å². The first kappa shape index (κ1) is 17.1. The number of hydrogen-bond acceptors (Lipinski definition) is 3. The van der Waals surface area contributed by atoms with Crippen LogP contribution >= 0.6 is 0 Å². The summed E-state index contributed by atoms with van der Waals surface area (Å²) in [4.78, 5) is 12.6. The lowest BCUT2D eigenvalue weighted by Gasteiger charge is -2.18. The lowest BCUT2D eigenvalue weighted by Crippen LogP contribution is -2.30. The molecule has 0 aliphatic rings. The number of ether oxygens (including phenoxy) is 1. The first-order chi connectivity index (χ1) is 9.01. The summed E-state index contributed by atoms with van der Waals surface area (Å²) < 4.78 is 4.82. The smallest absolute Gasteiger partial charge is 0.330 e. The summed E-state index contributed by atoms with van der Waals surface area (Å²) in [6, 6.07) is 10.3. The lowest BCUT2D eigenvalue weighted by atomic mass is 10.2. The molecule has 0 N–H and O–H groups in total. The molecule has 1 atom stereocenters. The highest BCUT2D eigenvalue weighted by Gasteiger charge is 2.05. The SMILES string of the molecule is C=CC(=O)OCC(C)N(C)C.C=Cc1ccccc1. The molecule has 0 spiro atoms. The van der Waals surface area contributed by atoms with Gasteiger partial charge in [0.1, 0.15) is 6.61 Å². The average Bonchev–Trinajstić information content (AvgIpc) is 2.45. The molecule has 104 valence electrons. The maximum Gasteiger partial charge on any atom is 0.330 e. The van der Waals surface area contributed by atoms with Crippen molar-refractivity contribution in [3.8, 4) is 0 Å². The van der Waals surface area contributed by atoms with Crippen LogP contribution in [0.25, 0.3) is 6.08 Å². The van der Waals surface area contributed by atoms with Crippen LogP contribution in [-0.2, 0) is 9.53 Å². The lowest BCUT2D eigenvalue weighted by molar-refractivity contribution is -0.139. The Labute approximate surface area is 116 Å². The number of esters is 1. The van der Waals surface area contributed by atoms with E-state index in [1.165, 1.54) is 11.6 Å². The molecule has 1 unspecified atom stereocenters. The van der Waals surface area contributed by atoms with Crippen molar-refractivity contribution in [2.24, 2.45) is 0 Å². The van der Waals surface area contributed by atoms with E-state index in [0.717, 1.165) is 0 Å². The number of nitrogens with zero attached hydrogens (tertiary/aromatic N) is 1. The average molecular weight is 261 g/mol. The number of rotatable bonds is 5. The molecule has 1 aromatic rings. The predicted octanol–water partition coefficient (Wildman–Crippen LogP) is 3.00. The fourth-order valence-electron chi connectivity index (χ4n) is 1.000. The van der Waals surface area contributed by atoms with Gasteiger partial charge < -0.3 is 9.64 Å². The molecule has 0 bridgehead atoms. The Bertz CT molecular complexity index is 385. The van der Waals surface area contributed by atoms with Gasteiger partial charge in [0, 0.05) is 12.1 Å². The molecule has 0 fully saturated rings. The highest BCUT2D eigenvalue weighted by Crippen LogP contribution is 1.97. The summed E-state index contributed by atoms with van der Waals surface area (Å²) in [5.74, 6) is -0.362. The van der Waals surface area contributed by atoms with Crippen molar-refractivity contribution in [3.63, 3.8) is 0 Å². The van der Waals surface area contributed by atoms with Crippen molar-refractivity contribution in [1.29, 1.82) is 0 Å². The highest BCUT2D eigenvalue weighted by atomic mass is 16.5. The van der Waals surface area contributed by atoms with Crippen LogP contribution in [0.1, 0.15) is 12.5 Å². The van der Waals surface area contributed by atoms with Crippen LogP contribution < -0.4 is 0 Å². The molecule has 0 heterocycles. The Morgan fingerprint density at radius 1 is 1.32 bits per heavy atom. The van der Waals surface area contributed by atoms with Crippen molar-refractivity contribution in [3.05, 3.63) is 55.1 Å². The van der Waals surface area contributed by atoms with E-state index in [1.54, 1.807) is 0 Å². The Hall–Kier alpha value is -1.87. The van der Waals surface area contributed by atoms with E-state index in [4.69, 9.17) is 4.74 Å². The van der Waals surface area contributed by atoms with Crippen LogP contribution in [-0.4, -0.2) is 37.6 Å². The maximum atomic E-state index is 10.6. The van der Waals surface area contributed by atoms with E-state index in [-0.39, 0.29) is 12.0 Å². The zero-order valence-electron chi connectivity index (χ0n) is 12.0. The molecule has 19 heavy (non-hydrogen) atoms. The Kier molecular flexibility index (Phi) is 9.10. The highest BCUT2D eigenvalue weighted by molar-refractivity contribution is 5.81. The van der Waals surface area contributed by atoms with Crippen LogP contribution in [0.15, 0.2) is 49.6 Å². The zero-order valence-corrected chi connectivity index (χ0v) is 12.0. The van der Waals surface area contributed by atoms with E-state index in [2.05, 4.69) is 13.2 Å².